The SMILES string of the molecule is CC1CCCC1C(Br)c1ccc2c(c1)COC2. The van der Waals surface area contributed by atoms with Crippen LogP contribution < -0.4 is 0 Å². The van der Waals surface area contributed by atoms with E-state index in [2.05, 4.69) is 41.1 Å². The van der Waals surface area contributed by atoms with Gasteiger partial charge in [-0.2, -0.15) is 0 Å². The van der Waals surface area contributed by atoms with Crippen LogP contribution in [-0.2, 0) is 18.0 Å². The Morgan fingerprint density at radius 2 is 2.06 bits per heavy atom. The molecule has 1 aromatic rings. The first kappa shape index (κ1) is 11.7. The van der Waals surface area contributed by atoms with Gasteiger partial charge in [0, 0.05) is 4.83 Å². The molecule has 1 aliphatic heterocycles. The fraction of sp³-hybridized carbons (Fsp3) is 0.600. The van der Waals surface area contributed by atoms with Gasteiger partial charge in [-0.15, -0.1) is 0 Å². The quantitative estimate of drug-likeness (QED) is 0.725. The summed E-state index contributed by atoms with van der Waals surface area (Å²) in [6.45, 7) is 3.98. The third-order valence-electron chi connectivity index (χ3n) is 4.37. The highest BCUT2D eigenvalue weighted by atomic mass is 79.9. The van der Waals surface area contributed by atoms with Gasteiger partial charge in [0.2, 0.25) is 0 Å². The molecule has 1 heterocycles. The number of alkyl halides is 1. The fourth-order valence-corrected chi connectivity index (χ4v) is 4.29. The molecule has 1 saturated carbocycles. The normalized spacial score (nSPS) is 29.3. The van der Waals surface area contributed by atoms with E-state index in [-0.39, 0.29) is 0 Å². The molecule has 2 heteroatoms. The van der Waals surface area contributed by atoms with Gasteiger partial charge in [0.05, 0.1) is 13.2 Å². The van der Waals surface area contributed by atoms with Gasteiger partial charge in [0.15, 0.2) is 0 Å². The summed E-state index contributed by atoms with van der Waals surface area (Å²) in [5.74, 6) is 1.65. The lowest BCUT2D eigenvalue weighted by atomic mass is 9.90. The van der Waals surface area contributed by atoms with Gasteiger partial charge >= 0.3 is 0 Å². The molecule has 0 amide bonds. The highest BCUT2D eigenvalue weighted by Crippen LogP contribution is 2.45. The molecule has 1 fully saturated rings. The van der Waals surface area contributed by atoms with Crippen LogP contribution in [0.1, 0.15) is 47.7 Å². The summed E-state index contributed by atoms with van der Waals surface area (Å²) in [4.78, 5) is 0.519. The highest BCUT2D eigenvalue weighted by molar-refractivity contribution is 9.09. The standard InChI is InChI=1S/C15H19BrO/c1-10-3-2-4-14(10)15(16)11-5-6-12-8-17-9-13(12)7-11/h5-7,10,14-15H,2-4,8-9H2,1H3. The van der Waals surface area contributed by atoms with E-state index in [1.165, 1.54) is 36.0 Å². The highest BCUT2D eigenvalue weighted by Gasteiger charge is 2.30. The Labute approximate surface area is 112 Å². The Hall–Kier alpha value is -0.340. The van der Waals surface area contributed by atoms with Crippen molar-refractivity contribution in [1.82, 2.24) is 0 Å². The molecule has 0 spiro atoms. The maximum atomic E-state index is 5.48. The van der Waals surface area contributed by atoms with Crippen molar-refractivity contribution in [1.29, 1.82) is 0 Å². The van der Waals surface area contributed by atoms with Crippen molar-refractivity contribution >= 4 is 15.9 Å². The van der Waals surface area contributed by atoms with Crippen LogP contribution in [0.4, 0.5) is 0 Å². The number of ether oxygens (including phenoxy) is 1. The predicted molar refractivity (Wildman–Crippen MR) is 73.1 cm³/mol. The topological polar surface area (TPSA) is 9.23 Å². The lowest BCUT2D eigenvalue weighted by Crippen LogP contribution is -2.10. The van der Waals surface area contributed by atoms with Crippen LogP contribution in [0.25, 0.3) is 0 Å². The number of hydrogen-bond acceptors (Lipinski definition) is 1. The number of fused-ring (bicyclic) bond motifs is 1. The third-order valence-corrected chi connectivity index (χ3v) is 5.58. The van der Waals surface area contributed by atoms with Crippen molar-refractivity contribution in [3.05, 3.63) is 34.9 Å². The minimum absolute atomic E-state index is 0.519. The summed E-state index contributed by atoms with van der Waals surface area (Å²) in [6, 6.07) is 6.86. The van der Waals surface area contributed by atoms with Crippen molar-refractivity contribution in [3.8, 4) is 0 Å². The van der Waals surface area contributed by atoms with Crippen molar-refractivity contribution in [2.75, 3.05) is 0 Å². The Bertz CT molecular complexity index is 415. The molecule has 0 radical (unpaired) electrons. The van der Waals surface area contributed by atoms with Crippen molar-refractivity contribution in [3.63, 3.8) is 0 Å². The fourth-order valence-electron chi connectivity index (χ4n) is 3.22. The van der Waals surface area contributed by atoms with Gasteiger partial charge in [-0.1, -0.05) is 53.9 Å². The molecule has 0 bridgehead atoms. The van der Waals surface area contributed by atoms with Crippen LogP contribution in [0.2, 0.25) is 0 Å². The number of hydrogen-bond donors (Lipinski definition) is 0. The van der Waals surface area contributed by atoms with Crippen molar-refractivity contribution in [2.24, 2.45) is 11.8 Å². The van der Waals surface area contributed by atoms with E-state index in [0.717, 1.165) is 25.0 Å². The maximum absolute atomic E-state index is 5.48. The Balaban J connectivity index is 1.83. The largest absolute Gasteiger partial charge is 0.372 e. The molecule has 1 aromatic carbocycles. The molecule has 0 saturated heterocycles. The van der Waals surface area contributed by atoms with Gasteiger partial charge in [0.1, 0.15) is 0 Å². The summed E-state index contributed by atoms with van der Waals surface area (Å²) in [5.41, 5.74) is 4.19. The average Bonchev–Trinajstić information content (AvgIpc) is 2.95. The zero-order valence-corrected chi connectivity index (χ0v) is 11.9. The van der Waals surface area contributed by atoms with E-state index in [0.29, 0.717) is 4.83 Å². The summed E-state index contributed by atoms with van der Waals surface area (Å²) >= 11 is 3.92. The number of rotatable bonds is 2. The minimum atomic E-state index is 0.519. The van der Waals surface area contributed by atoms with Crippen LogP contribution in [0.5, 0.6) is 0 Å². The van der Waals surface area contributed by atoms with Gasteiger partial charge in [-0.05, 0) is 34.9 Å². The first-order valence-corrected chi connectivity index (χ1v) is 7.51. The summed E-state index contributed by atoms with van der Waals surface area (Å²) in [6.07, 6.45) is 4.15. The molecule has 17 heavy (non-hydrogen) atoms. The first-order chi connectivity index (χ1) is 8.25. The first-order valence-electron chi connectivity index (χ1n) is 6.59. The molecule has 1 aliphatic carbocycles. The molecular weight excluding hydrogens is 276 g/mol. The molecule has 1 nitrogen and oxygen atoms in total. The molecule has 3 rings (SSSR count). The summed E-state index contributed by atoms with van der Waals surface area (Å²) in [5, 5.41) is 0. The lowest BCUT2D eigenvalue weighted by Gasteiger charge is -2.22. The smallest absolute Gasteiger partial charge is 0.0725 e. The average molecular weight is 295 g/mol. The summed E-state index contributed by atoms with van der Waals surface area (Å²) in [7, 11) is 0. The van der Waals surface area contributed by atoms with Crippen molar-refractivity contribution < 1.29 is 4.74 Å². The van der Waals surface area contributed by atoms with Gasteiger partial charge in [-0.25, -0.2) is 0 Å². The second kappa shape index (κ2) is 4.74. The van der Waals surface area contributed by atoms with Crippen LogP contribution in [-0.4, -0.2) is 0 Å². The second-order valence-corrected chi connectivity index (χ2v) is 6.48. The van der Waals surface area contributed by atoms with E-state index in [1.54, 1.807) is 0 Å². The van der Waals surface area contributed by atoms with Gasteiger partial charge < -0.3 is 4.74 Å². The number of benzene rings is 1. The Kier molecular flexibility index (Phi) is 3.27. The zero-order chi connectivity index (χ0) is 11.8. The van der Waals surface area contributed by atoms with Gasteiger partial charge in [-0.3, -0.25) is 0 Å². The van der Waals surface area contributed by atoms with Crippen LogP contribution >= 0.6 is 15.9 Å². The van der Waals surface area contributed by atoms with E-state index in [4.69, 9.17) is 4.74 Å². The monoisotopic (exact) mass is 294 g/mol. The molecule has 0 aromatic heterocycles. The van der Waals surface area contributed by atoms with Crippen molar-refractivity contribution in [2.45, 2.75) is 44.2 Å². The van der Waals surface area contributed by atoms with E-state index in [1.807, 2.05) is 0 Å². The van der Waals surface area contributed by atoms with E-state index < -0.39 is 0 Å². The molecule has 92 valence electrons. The minimum Gasteiger partial charge on any atom is -0.372 e. The van der Waals surface area contributed by atoms with Crippen LogP contribution in [0.3, 0.4) is 0 Å². The van der Waals surface area contributed by atoms with E-state index in [9.17, 15) is 0 Å². The molecule has 3 unspecified atom stereocenters. The molecule has 0 N–H and O–H groups in total. The summed E-state index contributed by atoms with van der Waals surface area (Å²) < 4.78 is 5.48. The predicted octanol–water partition coefficient (Wildman–Crippen LogP) is 4.59. The van der Waals surface area contributed by atoms with E-state index >= 15 is 0 Å². The third kappa shape index (κ3) is 2.17. The molecule has 2 aliphatic rings. The van der Waals surface area contributed by atoms with Crippen LogP contribution in [0.15, 0.2) is 18.2 Å². The van der Waals surface area contributed by atoms with Crippen LogP contribution in [0, 0.1) is 11.8 Å². The number of halogens is 1. The second-order valence-electron chi connectivity index (χ2n) is 5.49. The molecule has 3 atom stereocenters. The molecular formula is C15H19BrO. The maximum Gasteiger partial charge on any atom is 0.0725 e. The Morgan fingerprint density at radius 1 is 1.24 bits per heavy atom. The van der Waals surface area contributed by atoms with Gasteiger partial charge in [0.25, 0.3) is 0 Å². The zero-order valence-electron chi connectivity index (χ0n) is 10.3. The Morgan fingerprint density at radius 3 is 2.82 bits per heavy atom. The lowest BCUT2D eigenvalue weighted by molar-refractivity contribution is 0.134.